The Morgan fingerprint density at radius 1 is 0.842 bits per heavy atom. The summed E-state index contributed by atoms with van der Waals surface area (Å²) in [6, 6.07) is 11.4. The number of methoxy groups -OCH3 is 2. The van der Waals surface area contributed by atoms with Gasteiger partial charge in [-0.1, -0.05) is 12.1 Å². The van der Waals surface area contributed by atoms with Gasteiger partial charge in [-0.3, -0.25) is 19.4 Å². The fraction of sp³-hybridized carbons (Fsp3) is 0.286. The third-order valence-corrected chi connectivity index (χ3v) is 6.44. The number of hydrogen-bond donors (Lipinski definition) is 3. The molecule has 1 aliphatic heterocycles. The van der Waals surface area contributed by atoms with Crippen LogP contribution in [-0.2, 0) is 0 Å². The zero-order chi connectivity index (χ0) is 27.1. The summed E-state index contributed by atoms with van der Waals surface area (Å²) in [4.78, 5) is 42.8. The predicted octanol–water partition coefficient (Wildman–Crippen LogP) is 2.75. The smallest absolute Gasteiger partial charge is 0.251 e. The molecule has 9 nitrogen and oxygen atoms in total. The molecule has 38 heavy (non-hydrogen) atoms. The lowest BCUT2D eigenvalue weighted by Gasteiger charge is -2.27. The van der Waals surface area contributed by atoms with Crippen LogP contribution in [0, 0.1) is 5.82 Å². The molecule has 1 aromatic heterocycles. The van der Waals surface area contributed by atoms with Crippen LogP contribution in [0.4, 0.5) is 4.39 Å². The molecule has 0 aliphatic carbocycles. The zero-order valence-corrected chi connectivity index (χ0v) is 21.1. The summed E-state index contributed by atoms with van der Waals surface area (Å²) >= 11 is 0. The number of carbonyl (C=O) groups is 3. The van der Waals surface area contributed by atoms with Crippen LogP contribution in [0.5, 0.6) is 11.5 Å². The van der Waals surface area contributed by atoms with E-state index in [-0.39, 0.29) is 46.5 Å². The molecule has 1 fully saturated rings. The van der Waals surface area contributed by atoms with Gasteiger partial charge < -0.3 is 25.4 Å². The molecule has 198 valence electrons. The molecule has 2 heterocycles. The quantitative estimate of drug-likeness (QED) is 0.391. The number of pyridine rings is 1. The second kappa shape index (κ2) is 12.3. The van der Waals surface area contributed by atoms with Crippen molar-refractivity contribution in [1.82, 2.24) is 20.9 Å². The van der Waals surface area contributed by atoms with Crippen molar-refractivity contribution in [3.8, 4) is 11.5 Å². The predicted molar refractivity (Wildman–Crippen MR) is 138 cm³/mol. The lowest BCUT2D eigenvalue weighted by Crippen LogP contribution is -2.54. The Balaban J connectivity index is 1.48. The summed E-state index contributed by atoms with van der Waals surface area (Å²) in [7, 11) is 2.66. The van der Waals surface area contributed by atoms with E-state index in [0.717, 1.165) is 13.0 Å². The van der Waals surface area contributed by atoms with Gasteiger partial charge in [-0.2, -0.15) is 0 Å². The highest BCUT2D eigenvalue weighted by Crippen LogP contribution is 2.31. The van der Waals surface area contributed by atoms with E-state index >= 15 is 0 Å². The van der Waals surface area contributed by atoms with Crippen molar-refractivity contribution in [1.29, 1.82) is 0 Å². The largest absolute Gasteiger partial charge is 0.496 e. The van der Waals surface area contributed by atoms with Crippen LogP contribution in [0.15, 0.2) is 60.9 Å². The molecular weight excluding hydrogens is 491 g/mol. The Morgan fingerprint density at radius 2 is 1.42 bits per heavy atom. The van der Waals surface area contributed by atoms with Crippen molar-refractivity contribution >= 4 is 17.6 Å². The maximum absolute atomic E-state index is 14.9. The van der Waals surface area contributed by atoms with Crippen LogP contribution in [0.25, 0.3) is 0 Å². The van der Waals surface area contributed by atoms with E-state index in [9.17, 15) is 18.8 Å². The molecule has 2 amide bonds. The number of rotatable bonds is 8. The van der Waals surface area contributed by atoms with Gasteiger partial charge >= 0.3 is 0 Å². The van der Waals surface area contributed by atoms with Crippen LogP contribution in [0.3, 0.4) is 0 Å². The summed E-state index contributed by atoms with van der Waals surface area (Å²) in [6.07, 6.45) is 4.60. The molecule has 3 aromatic rings. The number of halogens is 1. The number of ether oxygens (including phenoxy) is 2. The van der Waals surface area contributed by atoms with E-state index in [1.165, 1.54) is 50.6 Å². The van der Waals surface area contributed by atoms with Crippen LogP contribution in [0.2, 0.25) is 0 Å². The summed E-state index contributed by atoms with van der Waals surface area (Å²) < 4.78 is 25.0. The first kappa shape index (κ1) is 26.7. The molecule has 0 unspecified atom stereocenters. The van der Waals surface area contributed by atoms with Gasteiger partial charge in [0.15, 0.2) is 17.3 Å². The van der Waals surface area contributed by atoms with Crippen molar-refractivity contribution < 1.29 is 28.2 Å². The van der Waals surface area contributed by atoms with E-state index in [1.54, 1.807) is 24.5 Å². The highest BCUT2D eigenvalue weighted by molar-refractivity contribution is 6.11. The van der Waals surface area contributed by atoms with E-state index in [0.29, 0.717) is 24.1 Å². The fourth-order valence-corrected chi connectivity index (χ4v) is 4.37. The molecule has 2 aromatic carbocycles. The average Bonchev–Trinajstić information content (AvgIpc) is 3.17. The van der Waals surface area contributed by atoms with Crippen molar-refractivity contribution in [3.63, 3.8) is 0 Å². The Bertz CT molecular complexity index is 1300. The van der Waals surface area contributed by atoms with Gasteiger partial charge in [0.05, 0.1) is 26.3 Å². The second-order valence-corrected chi connectivity index (χ2v) is 8.81. The number of aromatic nitrogens is 1. The SMILES string of the molecule is COc1ccc(OC)c(C(=O)c2ccc(C(=O)N[C@@H]3CCCNC[C@H]3NC(=O)c3ccncc3)cc2)c1F. The molecule has 1 aliphatic rings. The molecule has 2 atom stereocenters. The zero-order valence-electron chi connectivity index (χ0n) is 21.1. The van der Waals surface area contributed by atoms with Gasteiger partial charge in [-0.25, -0.2) is 4.39 Å². The van der Waals surface area contributed by atoms with Crippen LogP contribution < -0.4 is 25.4 Å². The first-order valence-electron chi connectivity index (χ1n) is 12.2. The molecule has 1 saturated heterocycles. The topological polar surface area (TPSA) is 119 Å². The number of ketones is 1. The molecular formula is C28H29FN4O5. The summed E-state index contributed by atoms with van der Waals surface area (Å²) in [5, 5.41) is 9.31. The van der Waals surface area contributed by atoms with Crippen molar-refractivity contribution in [3.05, 3.63) is 89.0 Å². The maximum Gasteiger partial charge on any atom is 0.251 e. The first-order valence-corrected chi connectivity index (χ1v) is 12.2. The average molecular weight is 521 g/mol. The van der Waals surface area contributed by atoms with E-state index in [4.69, 9.17) is 9.47 Å². The van der Waals surface area contributed by atoms with Crippen molar-refractivity contribution in [2.75, 3.05) is 27.3 Å². The number of carbonyl (C=O) groups excluding carboxylic acids is 3. The van der Waals surface area contributed by atoms with Gasteiger partial charge in [-0.15, -0.1) is 0 Å². The molecule has 0 radical (unpaired) electrons. The number of hydrogen-bond acceptors (Lipinski definition) is 7. The maximum atomic E-state index is 14.9. The lowest BCUT2D eigenvalue weighted by molar-refractivity contribution is 0.0882. The highest BCUT2D eigenvalue weighted by Gasteiger charge is 2.28. The lowest BCUT2D eigenvalue weighted by atomic mass is 9.99. The Morgan fingerprint density at radius 3 is 2.08 bits per heavy atom. The monoisotopic (exact) mass is 520 g/mol. The minimum atomic E-state index is -0.819. The highest BCUT2D eigenvalue weighted by atomic mass is 19.1. The van der Waals surface area contributed by atoms with Crippen molar-refractivity contribution in [2.45, 2.75) is 24.9 Å². The summed E-state index contributed by atoms with van der Waals surface area (Å²) in [5.41, 5.74) is 0.755. The van der Waals surface area contributed by atoms with E-state index in [1.807, 2.05) is 0 Å². The van der Waals surface area contributed by atoms with E-state index < -0.39 is 11.6 Å². The van der Waals surface area contributed by atoms with Crippen LogP contribution in [0.1, 0.15) is 49.5 Å². The number of nitrogens with one attached hydrogen (secondary N) is 3. The van der Waals surface area contributed by atoms with Gasteiger partial charge in [0.25, 0.3) is 11.8 Å². The van der Waals surface area contributed by atoms with Gasteiger partial charge in [0.2, 0.25) is 0 Å². The van der Waals surface area contributed by atoms with E-state index in [2.05, 4.69) is 20.9 Å². The Kier molecular flexibility index (Phi) is 8.65. The van der Waals surface area contributed by atoms with Gasteiger partial charge in [0, 0.05) is 35.6 Å². The fourth-order valence-electron chi connectivity index (χ4n) is 4.37. The first-order chi connectivity index (χ1) is 18.4. The minimum absolute atomic E-state index is 0.0754. The molecule has 3 N–H and O–H groups in total. The Hall–Kier alpha value is -4.31. The Labute approximate surface area is 219 Å². The molecule has 0 saturated carbocycles. The molecule has 0 spiro atoms. The number of nitrogens with zero attached hydrogens (tertiary/aromatic N) is 1. The second-order valence-electron chi connectivity index (χ2n) is 8.81. The third-order valence-electron chi connectivity index (χ3n) is 6.44. The van der Waals surface area contributed by atoms with Crippen LogP contribution in [-0.4, -0.2) is 62.0 Å². The third kappa shape index (κ3) is 5.97. The van der Waals surface area contributed by atoms with Gasteiger partial charge in [-0.05, 0) is 55.8 Å². The molecule has 0 bridgehead atoms. The van der Waals surface area contributed by atoms with Gasteiger partial charge in [0.1, 0.15) is 11.3 Å². The molecule has 4 rings (SSSR count). The van der Waals surface area contributed by atoms with Crippen molar-refractivity contribution in [2.24, 2.45) is 0 Å². The normalized spacial score (nSPS) is 17.1. The van der Waals surface area contributed by atoms with Crippen LogP contribution >= 0.6 is 0 Å². The number of amides is 2. The number of benzene rings is 2. The minimum Gasteiger partial charge on any atom is -0.496 e. The molecule has 10 heteroatoms. The standard InChI is InChI=1S/C28H29FN4O5/c1-37-22-9-10-23(38-2)25(29)24(22)26(34)17-5-7-18(8-6-17)27(35)32-20-4-3-13-31-16-21(20)33-28(36)19-11-14-30-15-12-19/h5-12,14-15,20-21,31H,3-4,13,16H2,1-2H3,(H,32,35)(H,33,36)/t20-,21-/m1/s1. The summed E-state index contributed by atoms with van der Waals surface area (Å²) in [5.74, 6) is -2.00. The summed E-state index contributed by atoms with van der Waals surface area (Å²) in [6.45, 7) is 1.28.